The van der Waals surface area contributed by atoms with Crippen molar-refractivity contribution in [1.82, 2.24) is 0 Å². The van der Waals surface area contributed by atoms with Gasteiger partial charge in [0.05, 0.1) is 11.7 Å². The average Bonchev–Trinajstić information content (AvgIpc) is 3.04. The highest BCUT2D eigenvalue weighted by Gasteiger charge is 2.42. The van der Waals surface area contributed by atoms with Gasteiger partial charge in [0.1, 0.15) is 0 Å². The topological polar surface area (TPSA) is 9.23 Å². The van der Waals surface area contributed by atoms with Crippen molar-refractivity contribution < 1.29 is 4.74 Å². The van der Waals surface area contributed by atoms with Gasteiger partial charge in [0.25, 0.3) is 0 Å². The number of hydrogen-bond donors (Lipinski definition) is 0. The number of hydrogen-bond acceptors (Lipinski definition) is 1. The van der Waals surface area contributed by atoms with E-state index in [0.717, 1.165) is 11.8 Å². The second-order valence-electron chi connectivity index (χ2n) is 8.95. The van der Waals surface area contributed by atoms with Gasteiger partial charge in [0.15, 0.2) is 0 Å². The summed E-state index contributed by atoms with van der Waals surface area (Å²) in [4.78, 5) is 0. The van der Waals surface area contributed by atoms with Crippen LogP contribution in [0.3, 0.4) is 0 Å². The van der Waals surface area contributed by atoms with Crippen LogP contribution in [-0.4, -0.2) is 11.7 Å². The maximum atomic E-state index is 6.51. The maximum Gasteiger partial charge on any atom is 0.0661 e. The van der Waals surface area contributed by atoms with Gasteiger partial charge in [-0.2, -0.15) is 0 Å². The lowest BCUT2D eigenvalue weighted by atomic mass is 9.78. The van der Waals surface area contributed by atoms with Crippen LogP contribution in [0.2, 0.25) is 0 Å². The van der Waals surface area contributed by atoms with Crippen molar-refractivity contribution in [3.63, 3.8) is 0 Å². The van der Waals surface area contributed by atoms with Crippen molar-refractivity contribution in [3.8, 4) is 0 Å². The molecule has 3 rings (SSSR count). The van der Waals surface area contributed by atoms with E-state index in [4.69, 9.17) is 4.74 Å². The molecule has 20 heavy (non-hydrogen) atoms. The predicted molar refractivity (Wildman–Crippen MR) is 84.8 cm³/mol. The minimum Gasteiger partial charge on any atom is -0.372 e. The summed E-state index contributed by atoms with van der Waals surface area (Å²) < 4.78 is 6.51. The molecule has 0 radical (unpaired) electrons. The van der Waals surface area contributed by atoms with Crippen LogP contribution in [0.5, 0.6) is 0 Å². The molecule has 0 N–H and O–H groups in total. The Morgan fingerprint density at radius 3 is 2.35 bits per heavy atom. The Morgan fingerprint density at radius 1 is 0.950 bits per heavy atom. The van der Waals surface area contributed by atoms with Crippen LogP contribution in [0.25, 0.3) is 0 Å². The summed E-state index contributed by atoms with van der Waals surface area (Å²) in [5.74, 6) is 1.89. The number of ether oxygens (including phenoxy) is 1. The third kappa shape index (κ3) is 3.40. The molecule has 0 aromatic heterocycles. The molecule has 0 spiro atoms. The van der Waals surface area contributed by atoms with E-state index in [2.05, 4.69) is 20.8 Å². The molecule has 0 bridgehead atoms. The first-order valence-corrected chi connectivity index (χ1v) is 9.14. The Hall–Kier alpha value is -0.0400. The minimum absolute atomic E-state index is 0.209. The second kappa shape index (κ2) is 5.63. The Balaban J connectivity index is 1.51. The normalized spacial score (nSPS) is 46.4. The van der Waals surface area contributed by atoms with E-state index in [9.17, 15) is 0 Å². The van der Waals surface area contributed by atoms with Crippen LogP contribution < -0.4 is 0 Å². The molecule has 3 saturated carbocycles. The summed E-state index contributed by atoms with van der Waals surface area (Å²) in [5, 5.41) is 0. The Morgan fingerprint density at radius 2 is 1.70 bits per heavy atom. The van der Waals surface area contributed by atoms with Crippen LogP contribution in [0, 0.1) is 17.3 Å². The van der Waals surface area contributed by atoms with Gasteiger partial charge in [-0.25, -0.2) is 0 Å². The van der Waals surface area contributed by atoms with Gasteiger partial charge in [-0.05, 0) is 75.5 Å². The summed E-state index contributed by atoms with van der Waals surface area (Å²) in [6.45, 7) is 7.38. The molecule has 1 heteroatoms. The van der Waals surface area contributed by atoms with Crippen molar-refractivity contribution in [2.75, 3.05) is 0 Å². The van der Waals surface area contributed by atoms with Gasteiger partial charge >= 0.3 is 0 Å². The van der Waals surface area contributed by atoms with E-state index >= 15 is 0 Å². The third-order valence-corrected chi connectivity index (χ3v) is 6.42. The molecule has 3 aliphatic rings. The average molecular weight is 278 g/mol. The van der Waals surface area contributed by atoms with E-state index in [1.807, 2.05) is 0 Å². The predicted octanol–water partition coefficient (Wildman–Crippen LogP) is 5.72. The van der Waals surface area contributed by atoms with Gasteiger partial charge in [-0.1, -0.05) is 33.1 Å². The molecule has 0 amide bonds. The Labute approximate surface area is 125 Å². The lowest BCUT2D eigenvalue weighted by molar-refractivity contribution is -0.0779. The quantitative estimate of drug-likeness (QED) is 0.639. The van der Waals surface area contributed by atoms with Crippen LogP contribution in [0.4, 0.5) is 0 Å². The molecule has 0 heterocycles. The van der Waals surface area contributed by atoms with Crippen molar-refractivity contribution in [2.24, 2.45) is 17.3 Å². The zero-order valence-electron chi connectivity index (χ0n) is 13.9. The van der Waals surface area contributed by atoms with E-state index in [1.54, 1.807) is 0 Å². The van der Waals surface area contributed by atoms with E-state index in [0.29, 0.717) is 11.5 Å². The monoisotopic (exact) mass is 278 g/mol. The van der Waals surface area contributed by atoms with Crippen LogP contribution in [0.1, 0.15) is 91.4 Å². The fourth-order valence-corrected chi connectivity index (χ4v) is 5.54. The van der Waals surface area contributed by atoms with Gasteiger partial charge in [0.2, 0.25) is 0 Å². The lowest BCUT2D eigenvalue weighted by Gasteiger charge is -2.31. The second-order valence-corrected chi connectivity index (χ2v) is 8.95. The summed E-state index contributed by atoms with van der Waals surface area (Å²) in [6.07, 6.45) is 15.9. The molecule has 4 unspecified atom stereocenters. The Bertz CT molecular complexity index is 333. The van der Waals surface area contributed by atoms with Gasteiger partial charge < -0.3 is 4.74 Å². The molecule has 0 aromatic carbocycles. The van der Waals surface area contributed by atoms with Crippen LogP contribution in [0.15, 0.2) is 0 Å². The van der Waals surface area contributed by atoms with Crippen molar-refractivity contribution >= 4 is 0 Å². The van der Waals surface area contributed by atoms with Gasteiger partial charge in [0, 0.05) is 0 Å². The van der Waals surface area contributed by atoms with E-state index in [1.165, 1.54) is 70.6 Å². The van der Waals surface area contributed by atoms with Crippen LogP contribution in [-0.2, 0) is 4.74 Å². The highest BCUT2D eigenvalue weighted by Crippen LogP contribution is 2.50. The van der Waals surface area contributed by atoms with Crippen molar-refractivity contribution in [2.45, 2.75) is 103 Å². The summed E-state index contributed by atoms with van der Waals surface area (Å²) in [7, 11) is 0. The Kier molecular flexibility index (Phi) is 4.19. The van der Waals surface area contributed by atoms with Crippen LogP contribution >= 0.6 is 0 Å². The van der Waals surface area contributed by atoms with Crippen molar-refractivity contribution in [1.29, 1.82) is 0 Å². The fourth-order valence-electron chi connectivity index (χ4n) is 5.54. The molecule has 1 nitrogen and oxygen atoms in total. The standard InChI is InChI=1S/C19H34O/c1-15-8-10-18(2,12-15)13-16-9-11-19(3,14-16)20-17-6-4-5-7-17/h15-17H,4-14H2,1-3H3. The largest absolute Gasteiger partial charge is 0.372 e. The van der Waals surface area contributed by atoms with Gasteiger partial charge in [-0.3, -0.25) is 0 Å². The highest BCUT2D eigenvalue weighted by atomic mass is 16.5. The molecule has 4 atom stereocenters. The molecule has 0 saturated heterocycles. The summed E-state index contributed by atoms with van der Waals surface area (Å²) in [6, 6.07) is 0. The molecular formula is C19H34O. The zero-order valence-corrected chi connectivity index (χ0v) is 13.9. The minimum atomic E-state index is 0.209. The third-order valence-electron chi connectivity index (χ3n) is 6.42. The summed E-state index contributed by atoms with van der Waals surface area (Å²) >= 11 is 0. The SMILES string of the molecule is CC1CCC(C)(CC2CCC(C)(OC3CCCC3)C2)C1. The first-order valence-electron chi connectivity index (χ1n) is 9.14. The first-order chi connectivity index (χ1) is 9.46. The van der Waals surface area contributed by atoms with E-state index < -0.39 is 0 Å². The summed E-state index contributed by atoms with van der Waals surface area (Å²) in [5.41, 5.74) is 0.850. The first kappa shape index (κ1) is 14.9. The lowest BCUT2D eigenvalue weighted by Crippen LogP contribution is -2.30. The smallest absolute Gasteiger partial charge is 0.0661 e. The molecule has 116 valence electrons. The van der Waals surface area contributed by atoms with Crippen molar-refractivity contribution in [3.05, 3.63) is 0 Å². The molecule has 3 aliphatic carbocycles. The fraction of sp³-hybridized carbons (Fsp3) is 1.00. The maximum absolute atomic E-state index is 6.51. The number of rotatable bonds is 4. The highest BCUT2D eigenvalue weighted by molar-refractivity contribution is 4.93. The zero-order chi connectivity index (χ0) is 14.2. The van der Waals surface area contributed by atoms with Gasteiger partial charge in [-0.15, -0.1) is 0 Å². The molecular weight excluding hydrogens is 244 g/mol. The molecule has 3 fully saturated rings. The molecule has 0 aromatic rings. The molecule has 0 aliphatic heterocycles. The van der Waals surface area contributed by atoms with E-state index in [-0.39, 0.29) is 5.60 Å².